The molecule has 0 rings (SSSR count). The molecule has 0 radical (unpaired) electrons. The summed E-state index contributed by atoms with van der Waals surface area (Å²) in [6.45, 7) is 0.421. The van der Waals surface area contributed by atoms with E-state index in [0.717, 1.165) is 6.92 Å². The fourth-order valence-corrected chi connectivity index (χ4v) is 2.19. The van der Waals surface area contributed by atoms with Crippen LogP contribution in [0.4, 0.5) is 0 Å². The molecule has 0 spiro atoms. The largest absolute Gasteiger partial charge is 0.480 e. The quantitative estimate of drug-likeness (QED) is 0.177. The first-order chi connectivity index (χ1) is 10.9. The molecule has 0 saturated heterocycles. The minimum Gasteiger partial charge on any atom is -0.480 e. The molecular formula is C12H14O12. The maximum atomic E-state index is 11.5. The Morgan fingerprint density at radius 2 is 1.12 bits per heavy atom. The summed E-state index contributed by atoms with van der Waals surface area (Å²) in [6, 6.07) is 0. The molecule has 0 bridgehead atoms. The zero-order valence-corrected chi connectivity index (χ0v) is 12.2. The van der Waals surface area contributed by atoms with Crippen LogP contribution in [0.3, 0.4) is 0 Å². The van der Waals surface area contributed by atoms with Crippen LogP contribution >= 0.6 is 0 Å². The van der Waals surface area contributed by atoms with Gasteiger partial charge in [-0.3, -0.25) is 28.8 Å². The minimum absolute atomic E-state index is 0.563. The molecule has 0 amide bonds. The molecule has 5 N–H and O–H groups in total. The summed E-state index contributed by atoms with van der Waals surface area (Å²) in [4.78, 5) is 67.5. The highest BCUT2D eigenvalue weighted by Gasteiger charge is 2.76. The van der Waals surface area contributed by atoms with Gasteiger partial charge in [-0.1, -0.05) is 0 Å². The molecule has 0 fully saturated rings. The second-order valence-corrected chi connectivity index (χ2v) is 4.62. The molecule has 24 heavy (non-hydrogen) atoms. The molecule has 134 valence electrons. The molecule has 0 aromatic heterocycles. The van der Waals surface area contributed by atoms with E-state index in [-0.39, 0.29) is 0 Å². The predicted molar refractivity (Wildman–Crippen MR) is 68.9 cm³/mol. The Balaban J connectivity index is 6.35. The van der Waals surface area contributed by atoms with Crippen LogP contribution < -0.4 is 0 Å². The van der Waals surface area contributed by atoms with Gasteiger partial charge in [0, 0.05) is 6.92 Å². The van der Waals surface area contributed by atoms with Crippen molar-refractivity contribution >= 4 is 35.8 Å². The van der Waals surface area contributed by atoms with Crippen LogP contribution in [-0.4, -0.2) is 68.0 Å². The van der Waals surface area contributed by atoms with Gasteiger partial charge in [-0.15, -0.1) is 0 Å². The Labute approximate surface area is 133 Å². The number of hydrogen-bond acceptors (Lipinski definition) is 7. The van der Waals surface area contributed by atoms with E-state index in [2.05, 4.69) is 4.74 Å². The van der Waals surface area contributed by atoms with E-state index < -0.39 is 66.1 Å². The summed E-state index contributed by atoms with van der Waals surface area (Å²) in [6.07, 6.45) is -1.83. The van der Waals surface area contributed by atoms with E-state index in [1.165, 1.54) is 0 Å². The van der Waals surface area contributed by atoms with Crippen molar-refractivity contribution in [1.82, 2.24) is 0 Å². The van der Waals surface area contributed by atoms with Crippen molar-refractivity contribution in [2.45, 2.75) is 19.8 Å². The summed E-state index contributed by atoms with van der Waals surface area (Å²) < 4.78 is 4.42. The van der Waals surface area contributed by atoms with Crippen molar-refractivity contribution in [3.05, 3.63) is 0 Å². The molecule has 0 aliphatic heterocycles. The monoisotopic (exact) mass is 350 g/mol. The van der Waals surface area contributed by atoms with Crippen molar-refractivity contribution in [3.8, 4) is 0 Å². The molecule has 0 aliphatic rings. The van der Waals surface area contributed by atoms with Crippen LogP contribution in [0.15, 0.2) is 0 Å². The van der Waals surface area contributed by atoms with Gasteiger partial charge in [0.25, 0.3) is 5.41 Å². The highest BCUT2D eigenvalue weighted by Crippen LogP contribution is 2.45. The Hall–Kier alpha value is -3.18. The van der Waals surface area contributed by atoms with Crippen molar-refractivity contribution in [2.75, 3.05) is 6.61 Å². The summed E-state index contributed by atoms with van der Waals surface area (Å²) in [5.41, 5.74) is -7.93. The maximum absolute atomic E-state index is 11.5. The van der Waals surface area contributed by atoms with Gasteiger partial charge in [0.05, 0.1) is 6.61 Å². The smallest absolute Gasteiger partial charge is 0.334 e. The lowest BCUT2D eigenvalue weighted by atomic mass is 9.60. The van der Waals surface area contributed by atoms with Gasteiger partial charge >= 0.3 is 35.8 Å². The van der Waals surface area contributed by atoms with Crippen LogP contribution in [-0.2, 0) is 33.5 Å². The van der Waals surface area contributed by atoms with Gasteiger partial charge in [0.2, 0.25) is 5.41 Å². The van der Waals surface area contributed by atoms with E-state index in [0.29, 0.717) is 0 Å². The topological polar surface area (TPSA) is 213 Å². The SMILES string of the molecule is CC(=O)OCCCC(C(=O)O)(C(=O)O)C(C(=O)O)(C(=O)O)C(=O)O. The number of ether oxygens (including phenoxy) is 1. The fourth-order valence-electron chi connectivity index (χ4n) is 2.19. The molecule has 0 atom stereocenters. The molecule has 0 aromatic carbocycles. The van der Waals surface area contributed by atoms with E-state index in [9.17, 15) is 39.0 Å². The van der Waals surface area contributed by atoms with E-state index in [4.69, 9.17) is 15.3 Å². The van der Waals surface area contributed by atoms with Gasteiger partial charge < -0.3 is 30.3 Å². The maximum Gasteiger partial charge on any atom is 0.334 e. The summed E-state index contributed by atoms with van der Waals surface area (Å²) in [5, 5.41) is 45.6. The Morgan fingerprint density at radius 1 is 0.750 bits per heavy atom. The molecule has 0 saturated carbocycles. The van der Waals surface area contributed by atoms with Crippen molar-refractivity contribution in [3.63, 3.8) is 0 Å². The van der Waals surface area contributed by atoms with Gasteiger partial charge in [0.15, 0.2) is 0 Å². The normalized spacial score (nSPS) is 11.4. The van der Waals surface area contributed by atoms with Crippen LogP contribution in [0.25, 0.3) is 0 Å². The molecule has 12 heteroatoms. The van der Waals surface area contributed by atoms with Gasteiger partial charge in [-0.2, -0.15) is 0 Å². The number of hydrogen-bond donors (Lipinski definition) is 5. The third-order valence-electron chi connectivity index (χ3n) is 3.33. The van der Waals surface area contributed by atoms with E-state index in [1.54, 1.807) is 0 Å². The fraction of sp³-hybridized carbons (Fsp3) is 0.500. The number of carboxylic acids is 5. The standard InChI is InChI=1S/C12H14O12/c1-5(13)24-4-2-3-11(6(14)15,7(16)17)12(8(18)19,9(20)21)10(22)23/h2-4H2,1H3,(H,14,15)(H,16,17)(H,18,19)(H,20,21)(H,22,23). The number of esters is 1. The molecular weight excluding hydrogens is 336 g/mol. The number of carbonyl (C=O) groups excluding carboxylic acids is 1. The summed E-state index contributed by atoms with van der Waals surface area (Å²) >= 11 is 0. The minimum atomic E-state index is -4.19. The van der Waals surface area contributed by atoms with Crippen LogP contribution in [0.1, 0.15) is 19.8 Å². The third-order valence-corrected chi connectivity index (χ3v) is 3.33. The third kappa shape index (κ3) is 3.11. The molecule has 0 heterocycles. The Morgan fingerprint density at radius 3 is 1.38 bits per heavy atom. The average molecular weight is 350 g/mol. The molecule has 12 nitrogen and oxygen atoms in total. The highest BCUT2D eigenvalue weighted by molar-refractivity contribution is 6.24. The lowest BCUT2D eigenvalue weighted by molar-refractivity contribution is -0.203. The van der Waals surface area contributed by atoms with Gasteiger partial charge in [-0.05, 0) is 12.8 Å². The van der Waals surface area contributed by atoms with Crippen molar-refractivity contribution in [1.29, 1.82) is 0 Å². The second kappa shape index (κ2) is 7.39. The lowest BCUT2D eigenvalue weighted by Crippen LogP contribution is -2.65. The zero-order valence-electron chi connectivity index (χ0n) is 12.2. The highest BCUT2D eigenvalue weighted by atomic mass is 16.5. The first-order valence-corrected chi connectivity index (χ1v) is 6.19. The number of carboxylic acid groups (broad SMARTS) is 5. The Bertz CT molecular complexity index is 539. The molecule has 0 aliphatic carbocycles. The van der Waals surface area contributed by atoms with Gasteiger partial charge in [0.1, 0.15) is 0 Å². The van der Waals surface area contributed by atoms with E-state index >= 15 is 0 Å². The van der Waals surface area contributed by atoms with E-state index in [1.807, 2.05) is 0 Å². The molecule has 0 aromatic rings. The number of carbonyl (C=O) groups is 6. The van der Waals surface area contributed by atoms with Crippen molar-refractivity contribution < 1.29 is 59.0 Å². The van der Waals surface area contributed by atoms with Gasteiger partial charge in [-0.25, -0.2) is 0 Å². The van der Waals surface area contributed by atoms with Crippen LogP contribution in [0, 0.1) is 10.8 Å². The first-order valence-electron chi connectivity index (χ1n) is 6.19. The van der Waals surface area contributed by atoms with Crippen molar-refractivity contribution in [2.24, 2.45) is 10.8 Å². The summed E-state index contributed by atoms with van der Waals surface area (Å²) in [5.74, 6) is -13.7. The lowest BCUT2D eigenvalue weighted by Gasteiger charge is -2.35. The number of aliphatic carboxylic acids is 5. The predicted octanol–water partition coefficient (Wildman–Crippen LogP) is -1.27. The zero-order chi connectivity index (χ0) is 19.3. The summed E-state index contributed by atoms with van der Waals surface area (Å²) in [7, 11) is 0. The first kappa shape index (κ1) is 20.8. The average Bonchev–Trinajstić information content (AvgIpc) is 2.39. The second-order valence-electron chi connectivity index (χ2n) is 4.62. The number of rotatable bonds is 10. The van der Waals surface area contributed by atoms with Crippen LogP contribution in [0.2, 0.25) is 0 Å². The van der Waals surface area contributed by atoms with Crippen LogP contribution in [0.5, 0.6) is 0 Å². The molecule has 0 unspecified atom stereocenters. The Kier molecular flexibility index (Phi) is 6.41.